The summed E-state index contributed by atoms with van der Waals surface area (Å²) in [4.78, 5) is 24.4. The minimum atomic E-state index is -0.206. The van der Waals surface area contributed by atoms with Gasteiger partial charge in [0.15, 0.2) is 0 Å². The zero-order chi connectivity index (χ0) is 13.3. The maximum atomic E-state index is 11.3. The van der Waals surface area contributed by atoms with Gasteiger partial charge in [0.2, 0.25) is 0 Å². The summed E-state index contributed by atoms with van der Waals surface area (Å²) >= 11 is 0. The molecule has 0 aliphatic rings. The van der Waals surface area contributed by atoms with E-state index in [0.29, 0.717) is 32.6 Å². The van der Waals surface area contributed by atoms with E-state index >= 15 is 0 Å². The molecule has 0 rings (SSSR count). The van der Waals surface area contributed by atoms with Crippen molar-refractivity contribution in [1.29, 1.82) is 0 Å². The summed E-state index contributed by atoms with van der Waals surface area (Å²) < 4.78 is 9.70. The van der Waals surface area contributed by atoms with Crippen molar-refractivity contribution < 1.29 is 19.1 Å². The molecule has 0 saturated carbocycles. The van der Waals surface area contributed by atoms with Crippen LogP contribution in [0.3, 0.4) is 0 Å². The number of ether oxygens (including phenoxy) is 2. The first-order chi connectivity index (χ1) is 8.01. The van der Waals surface area contributed by atoms with Gasteiger partial charge in [-0.15, -0.1) is 0 Å². The van der Waals surface area contributed by atoms with Gasteiger partial charge in [0.1, 0.15) is 0 Å². The van der Waals surface area contributed by atoms with Crippen LogP contribution in [0.2, 0.25) is 0 Å². The van der Waals surface area contributed by atoms with E-state index < -0.39 is 0 Å². The summed E-state index contributed by atoms with van der Waals surface area (Å²) in [7, 11) is 1.88. The molecule has 5 heteroatoms. The summed E-state index contributed by atoms with van der Waals surface area (Å²) in [6.45, 7) is 6.89. The van der Waals surface area contributed by atoms with Crippen LogP contribution in [0.25, 0.3) is 0 Å². The van der Waals surface area contributed by atoms with Crippen molar-refractivity contribution in [2.75, 3.05) is 26.8 Å². The lowest BCUT2D eigenvalue weighted by Gasteiger charge is -2.23. The van der Waals surface area contributed by atoms with E-state index in [4.69, 9.17) is 9.47 Å². The predicted octanol–water partition coefficient (Wildman–Crippen LogP) is 1.21. The first-order valence-corrected chi connectivity index (χ1v) is 6.02. The summed E-state index contributed by atoms with van der Waals surface area (Å²) in [5.41, 5.74) is 0. The zero-order valence-electron chi connectivity index (χ0n) is 11.2. The molecule has 0 bridgehead atoms. The Balaban J connectivity index is 3.84. The van der Waals surface area contributed by atoms with Crippen LogP contribution in [0.4, 0.5) is 0 Å². The third-order valence-corrected chi connectivity index (χ3v) is 2.49. The van der Waals surface area contributed by atoms with Crippen LogP contribution in [0, 0.1) is 0 Å². The lowest BCUT2D eigenvalue weighted by molar-refractivity contribution is -0.144. The lowest BCUT2D eigenvalue weighted by Crippen LogP contribution is -2.33. The van der Waals surface area contributed by atoms with E-state index in [1.165, 1.54) is 0 Å². The summed E-state index contributed by atoms with van der Waals surface area (Å²) in [5.74, 6) is -0.411. The number of nitrogens with zero attached hydrogens (tertiary/aromatic N) is 1. The second kappa shape index (κ2) is 8.98. The van der Waals surface area contributed by atoms with Gasteiger partial charge in [-0.1, -0.05) is 0 Å². The Hall–Kier alpha value is -1.10. The maximum absolute atomic E-state index is 11.3. The SMILES string of the molecule is CCOC(=O)CCN(C)C(C)CC(=O)OCC. The number of hydrogen-bond donors (Lipinski definition) is 0. The molecule has 5 nitrogen and oxygen atoms in total. The van der Waals surface area contributed by atoms with E-state index in [0.717, 1.165) is 0 Å². The molecule has 0 aliphatic heterocycles. The van der Waals surface area contributed by atoms with Crippen LogP contribution in [-0.2, 0) is 19.1 Å². The lowest BCUT2D eigenvalue weighted by atomic mass is 10.2. The minimum absolute atomic E-state index is 0.0588. The van der Waals surface area contributed by atoms with Crippen LogP contribution in [0.1, 0.15) is 33.6 Å². The Morgan fingerprint density at radius 1 is 1.12 bits per heavy atom. The molecule has 17 heavy (non-hydrogen) atoms. The van der Waals surface area contributed by atoms with Gasteiger partial charge >= 0.3 is 11.9 Å². The highest BCUT2D eigenvalue weighted by atomic mass is 16.5. The van der Waals surface area contributed by atoms with Crippen molar-refractivity contribution >= 4 is 11.9 Å². The van der Waals surface area contributed by atoms with Gasteiger partial charge in [0.05, 0.1) is 26.1 Å². The third-order valence-electron chi connectivity index (χ3n) is 2.49. The number of hydrogen-bond acceptors (Lipinski definition) is 5. The molecular weight excluding hydrogens is 222 g/mol. The molecule has 0 aromatic carbocycles. The molecule has 1 atom stereocenters. The molecule has 0 spiro atoms. The number of carbonyl (C=O) groups excluding carboxylic acids is 2. The van der Waals surface area contributed by atoms with Gasteiger partial charge in [-0.2, -0.15) is 0 Å². The van der Waals surface area contributed by atoms with Crippen molar-refractivity contribution in [1.82, 2.24) is 4.90 Å². The fourth-order valence-electron chi connectivity index (χ4n) is 1.34. The van der Waals surface area contributed by atoms with E-state index in [-0.39, 0.29) is 18.0 Å². The predicted molar refractivity (Wildman–Crippen MR) is 64.6 cm³/mol. The molecule has 0 aliphatic carbocycles. The summed E-state index contributed by atoms with van der Waals surface area (Å²) in [5, 5.41) is 0. The number of rotatable bonds is 8. The van der Waals surface area contributed by atoms with Crippen LogP contribution in [0.15, 0.2) is 0 Å². The topological polar surface area (TPSA) is 55.8 Å². The molecule has 100 valence electrons. The van der Waals surface area contributed by atoms with E-state index in [9.17, 15) is 9.59 Å². The second-order valence-electron chi connectivity index (χ2n) is 3.89. The van der Waals surface area contributed by atoms with Gasteiger partial charge in [-0.3, -0.25) is 9.59 Å². The second-order valence-corrected chi connectivity index (χ2v) is 3.89. The van der Waals surface area contributed by atoms with Gasteiger partial charge < -0.3 is 14.4 Å². The summed E-state index contributed by atoms with van der Waals surface area (Å²) in [6, 6.07) is 0.0588. The zero-order valence-corrected chi connectivity index (χ0v) is 11.2. The fourth-order valence-corrected chi connectivity index (χ4v) is 1.34. The molecule has 0 radical (unpaired) electrons. The van der Waals surface area contributed by atoms with Gasteiger partial charge in [0, 0.05) is 12.6 Å². The number of esters is 2. The molecule has 0 saturated heterocycles. The molecule has 0 N–H and O–H groups in total. The van der Waals surface area contributed by atoms with Crippen molar-refractivity contribution in [3.63, 3.8) is 0 Å². The minimum Gasteiger partial charge on any atom is -0.466 e. The quantitative estimate of drug-likeness (QED) is 0.602. The van der Waals surface area contributed by atoms with Crippen LogP contribution < -0.4 is 0 Å². The average Bonchev–Trinajstić information content (AvgIpc) is 2.26. The molecule has 0 aromatic heterocycles. The highest BCUT2D eigenvalue weighted by Crippen LogP contribution is 2.04. The van der Waals surface area contributed by atoms with Crippen LogP contribution in [-0.4, -0.2) is 49.7 Å². The highest BCUT2D eigenvalue weighted by Gasteiger charge is 2.15. The van der Waals surface area contributed by atoms with E-state index in [2.05, 4.69) is 0 Å². The fraction of sp³-hybridized carbons (Fsp3) is 0.833. The molecule has 0 aromatic rings. The van der Waals surface area contributed by atoms with Crippen LogP contribution in [0.5, 0.6) is 0 Å². The molecule has 1 unspecified atom stereocenters. The Morgan fingerprint density at radius 2 is 1.65 bits per heavy atom. The molecule has 0 amide bonds. The highest BCUT2D eigenvalue weighted by molar-refractivity contribution is 5.70. The molecule has 0 heterocycles. The first-order valence-electron chi connectivity index (χ1n) is 6.02. The van der Waals surface area contributed by atoms with Gasteiger partial charge in [0.25, 0.3) is 0 Å². The van der Waals surface area contributed by atoms with Gasteiger partial charge in [-0.25, -0.2) is 0 Å². The van der Waals surface area contributed by atoms with E-state index in [1.807, 2.05) is 18.9 Å². The number of carbonyl (C=O) groups is 2. The Morgan fingerprint density at radius 3 is 2.18 bits per heavy atom. The van der Waals surface area contributed by atoms with Crippen molar-refractivity contribution in [2.45, 2.75) is 39.7 Å². The third kappa shape index (κ3) is 7.74. The smallest absolute Gasteiger partial charge is 0.307 e. The monoisotopic (exact) mass is 245 g/mol. The van der Waals surface area contributed by atoms with Gasteiger partial charge in [-0.05, 0) is 27.8 Å². The van der Waals surface area contributed by atoms with Crippen molar-refractivity contribution in [3.8, 4) is 0 Å². The van der Waals surface area contributed by atoms with Crippen molar-refractivity contribution in [3.05, 3.63) is 0 Å². The first kappa shape index (κ1) is 15.9. The molecule has 0 fully saturated rings. The Bertz CT molecular complexity index is 243. The van der Waals surface area contributed by atoms with Crippen molar-refractivity contribution in [2.24, 2.45) is 0 Å². The normalized spacial score (nSPS) is 12.3. The average molecular weight is 245 g/mol. The largest absolute Gasteiger partial charge is 0.466 e. The standard InChI is InChI=1S/C12H23NO4/c1-5-16-11(14)7-8-13(4)10(3)9-12(15)17-6-2/h10H,5-9H2,1-4H3. The Labute approximate surface area is 103 Å². The van der Waals surface area contributed by atoms with Crippen LogP contribution >= 0.6 is 0 Å². The summed E-state index contributed by atoms with van der Waals surface area (Å²) in [6.07, 6.45) is 0.685. The van der Waals surface area contributed by atoms with E-state index in [1.54, 1.807) is 13.8 Å². The molecular formula is C12H23NO4. The Kier molecular flexibility index (Phi) is 8.40. The maximum Gasteiger partial charge on any atom is 0.307 e.